The van der Waals surface area contributed by atoms with Crippen LogP contribution in [0.5, 0.6) is 0 Å². The highest BCUT2D eigenvalue weighted by molar-refractivity contribution is 5.90. The summed E-state index contributed by atoms with van der Waals surface area (Å²) in [6, 6.07) is 1.32. The van der Waals surface area contributed by atoms with Gasteiger partial charge in [0, 0.05) is 44.3 Å². The summed E-state index contributed by atoms with van der Waals surface area (Å²) < 4.78 is 0. The third-order valence-corrected chi connectivity index (χ3v) is 5.88. The minimum Gasteiger partial charge on any atom is -0.359 e. The second-order valence-corrected chi connectivity index (χ2v) is 8.53. The zero-order valence-corrected chi connectivity index (χ0v) is 21.1. The molecule has 0 radical (unpaired) electrons. The van der Waals surface area contributed by atoms with Crippen molar-refractivity contribution >= 4 is 23.5 Å². The number of hydrogen-bond donors (Lipinski definition) is 5. The van der Waals surface area contributed by atoms with E-state index in [1.54, 1.807) is 14.0 Å². The van der Waals surface area contributed by atoms with Crippen molar-refractivity contribution in [1.29, 1.82) is 0 Å². The van der Waals surface area contributed by atoms with Crippen LogP contribution in [0, 0.1) is 5.92 Å². The van der Waals surface area contributed by atoms with Crippen molar-refractivity contribution in [2.45, 2.75) is 97.1 Å². The van der Waals surface area contributed by atoms with E-state index in [9.17, 15) is 19.2 Å². The molecule has 0 aromatic heterocycles. The van der Waals surface area contributed by atoms with Crippen molar-refractivity contribution in [1.82, 2.24) is 21.3 Å². The summed E-state index contributed by atoms with van der Waals surface area (Å²) in [4.78, 5) is 44.7. The molecule has 0 aromatic carbocycles. The monoisotopic (exact) mass is 469 g/mol. The van der Waals surface area contributed by atoms with Gasteiger partial charge >= 0.3 is 0 Å². The SMILES string of the molecule is CCC(=O)NCC(=O)CC(CCCN)C(=O)NC.CCC1CCC(=O)N1.CCC1CCCN1. The van der Waals surface area contributed by atoms with Crippen molar-refractivity contribution in [2.75, 3.05) is 26.7 Å². The normalized spacial score (nSPS) is 19.8. The van der Waals surface area contributed by atoms with E-state index in [1.165, 1.54) is 25.8 Å². The van der Waals surface area contributed by atoms with Crippen molar-refractivity contribution in [3.8, 4) is 0 Å². The van der Waals surface area contributed by atoms with Gasteiger partial charge in [0.2, 0.25) is 17.7 Å². The summed E-state index contributed by atoms with van der Waals surface area (Å²) in [5, 5.41) is 11.3. The highest BCUT2D eigenvalue weighted by Gasteiger charge is 2.20. The Morgan fingerprint density at radius 3 is 2.21 bits per heavy atom. The first kappa shape index (κ1) is 31.0. The average Bonchev–Trinajstić information content (AvgIpc) is 3.51. The van der Waals surface area contributed by atoms with Crippen LogP contribution in [0.2, 0.25) is 0 Å². The highest BCUT2D eigenvalue weighted by atomic mass is 16.2. The third kappa shape index (κ3) is 15.5. The van der Waals surface area contributed by atoms with E-state index in [2.05, 4.69) is 35.1 Å². The van der Waals surface area contributed by atoms with E-state index in [0.717, 1.165) is 25.3 Å². The van der Waals surface area contributed by atoms with E-state index in [1.807, 2.05) is 0 Å². The van der Waals surface area contributed by atoms with Gasteiger partial charge in [0.05, 0.1) is 6.54 Å². The molecule has 192 valence electrons. The fraction of sp³-hybridized carbons (Fsp3) is 0.833. The Hall–Kier alpha value is -2.00. The number of ketones is 1. The van der Waals surface area contributed by atoms with Gasteiger partial charge in [-0.1, -0.05) is 20.8 Å². The number of amides is 3. The van der Waals surface area contributed by atoms with Gasteiger partial charge in [-0.05, 0) is 58.0 Å². The molecule has 0 aliphatic carbocycles. The Balaban J connectivity index is 0.000000551. The number of hydrogen-bond acceptors (Lipinski definition) is 6. The van der Waals surface area contributed by atoms with E-state index >= 15 is 0 Å². The molecule has 0 saturated carbocycles. The molecule has 2 aliphatic rings. The number of rotatable bonds is 11. The maximum absolute atomic E-state index is 11.6. The predicted molar refractivity (Wildman–Crippen MR) is 132 cm³/mol. The molecule has 0 aromatic rings. The smallest absolute Gasteiger partial charge is 0.223 e. The van der Waals surface area contributed by atoms with Crippen molar-refractivity contribution in [3.63, 3.8) is 0 Å². The van der Waals surface area contributed by atoms with Crippen LogP contribution in [0.3, 0.4) is 0 Å². The topological polar surface area (TPSA) is 142 Å². The van der Waals surface area contributed by atoms with Crippen molar-refractivity contribution in [2.24, 2.45) is 11.7 Å². The lowest BCUT2D eigenvalue weighted by Crippen LogP contribution is -2.34. The Morgan fingerprint density at radius 2 is 1.82 bits per heavy atom. The largest absolute Gasteiger partial charge is 0.359 e. The summed E-state index contributed by atoms with van der Waals surface area (Å²) in [7, 11) is 1.54. The van der Waals surface area contributed by atoms with Gasteiger partial charge in [0.25, 0.3) is 0 Å². The number of nitrogens with two attached hydrogens (primary N) is 1. The molecule has 9 heteroatoms. The summed E-state index contributed by atoms with van der Waals surface area (Å²) in [6.45, 7) is 7.78. The van der Waals surface area contributed by atoms with Crippen LogP contribution in [0.4, 0.5) is 0 Å². The molecule has 9 nitrogen and oxygen atoms in total. The lowest BCUT2D eigenvalue weighted by atomic mass is 9.96. The first-order chi connectivity index (χ1) is 15.8. The first-order valence-corrected chi connectivity index (χ1v) is 12.5. The molecule has 2 saturated heterocycles. The number of carbonyl (C=O) groups excluding carboxylic acids is 4. The first-order valence-electron chi connectivity index (χ1n) is 12.5. The van der Waals surface area contributed by atoms with Crippen molar-refractivity contribution in [3.05, 3.63) is 0 Å². The lowest BCUT2D eigenvalue weighted by Gasteiger charge is -2.14. The Kier molecular flexibility index (Phi) is 18.3. The summed E-state index contributed by atoms with van der Waals surface area (Å²) in [6.07, 6.45) is 8.72. The lowest BCUT2D eigenvalue weighted by molar-refractivity contribution is -0.129. The van der Waals surface area contributed by atoms with Crippen molar-refractivity contribution < 1.29 is 19.2 Å². The molecular weight excluding hydrogens is 422 g/mol. The minimum absolute atomic E-state index is 0.0111. The van der Waals surface area contributed by atoms with Crippen LogP contribution in [0.1, 0.15) is 85.0 Å². The van der Waals surface area contributed by atoms with E-state index < -0.39 is 0 Å². The Labute approximate surface area is 199 Å². The average molecular weight is 470 g/mol. The second kappa shape index (κ2) is 19.5. The van der Waals surface area contributed by atoms with Crippen LogP contribution in [0.25, 0.3) is 0 Å². The zero-order valence-electron chi connectivity index (χ0n) is 21.1. The molecule has 33 heavy (non-hydrogen) atoms. The van der Waals surface area contributed by atoms with E-state index in [-0.39, 0.29) is 42.4 Å². The molecule has 2 fully saturated rings. The predicted octanol–water partition coefficient (Wildman–Crippen LogP) is 1.40. The molecule has 2 rings (SSSR count). The Morgan fingerprint density at radius 1 is 1.12 bits per heavy atom. The van der Waals surface area contributed by atoms with Gasteiger partial charge in [-0.2, -0.15) is 0 Å². The molecular formula is C24H47N5O4. The van der Waals surface area contributed by atoms with Gasteiger partial charge < -0.3 is 27.0 Å². The minimum atomic E-state index is -0.357. The highest BCUT2D eigenvalue weighted by Crippen LogP contribution is 2.11. The molecule has 2 heterocycles. The number of Topliss-reactive ketones (excluding diaryl/α,β-unsaturated/α-hetero) is 1. The van der Waals surface area contributed by atoms with Gasteiger partial charge in [0.1, 0.15) is 0 Å². The van der Waals surface area contributed by atoms with E-state index in [0.29, 0.717) is 31.8 Å². The zero-order chi connectivity index (χ0) is 25.1. The molecule has 3 unspecified atom stereocenters. The molecule has 3 atom stereocenters. The van der Waals surface area contributed by atoms with Gasteiger partial charge in [-0.15, -0.1) is 0 Å². The molecule has 2 aliphatic heterocycles. The van der Waals surface area contributed by atoms with Gasteiger partial charge in [0.15, 0.2) is 5.78 Å². The maximum Gasteiger partial charge on any atom is 0.223 e. The van der Waals surface area contributed by atoms with Crippen LogP contribution in [0.15, 0.2) is 0 Å². The van der Waals surface area contributed by atoms with E-state index in [4.69, 9.17) is 5.73 Å². The number of carbonyl (C=O) groups is 4. The second-order valence-electron chi connectivity index (χ2n) is 8.53. The summed E-state index contributed by atoms with van der Waals surface area (Å²) in [5.41, 5.74) is 5.39. The van der Waals surface area contributed by atoms with Crippen LogP contribution in [-0.4, -0.2) is 62.3 Å². The van der Waals surface area contributed by atoms with Gasteiger partial charge in [-0.3, -0.25) is 19.2 Å². The van der Waals surface area contributed by atoms with Crippen LogP contribution < -0.4 is 27.0 Å². The maximum atomic E-state index is 11.6. The Bertz CT molecular complexity index is 579. The number of nitrogens with one attached hydrogen (secondary N) is 4. The molecule has 0 spiro atoms. The summed E-state index contributed by atoms with van der Waals surface area (Å²) >= 11 is 0. The quantitative estimate of drug-likeness (QED) is 0.310. The molecule has 6 N–H and O–H groups in total. The van der Waals surface area contributed by atoms with Crippen LogP contribution >= 0.6 is 0 Å². The standard InChI is InChI=1S/C12H23N3O3.C6H11NO.C6H13N/c1-3-11(17)15-8-10(16)7-9(5-4-6-13)12(18)14-2;1-2-5-3-4-6(8)7-5;1-2-6-4-3-5-7-6/h9H,3-8,13H2,1-2H3,(H,14,18)(H,15,17);5H,2-4H2,1H3,(H,7,8);6-7H,2-5H2,1H3. The van der Waals surface area contributed by atoms with Gasteiger partial charge in [-0.25, -0.2) is 0 Å². The fourth-order valence-electron chi connectivity index (χ4n) is 3.65. The third-order valence-electron chi connectivity index (χ3n) is 5.88. The fourth-order valence-corrected chi connectivity index (χ4v) is 3.65. The molecule has 3 amide bonds. The van der Waals surface area contributed by atoms with Crippen LogP contribution in [-0.2, 0) is 19.2 Å². The molecule has 0 bridgehead atoms. The summed E-state index contributed by atoms with van der Waals surface area (Å²) in [5.74, 6) is -0.593.